The predicted molar refractivity (Wildman–Crippen MR) is 60.7 cm³/mol. The van der Waals surface area contributed by atoms with Gasteiger partial charge in [-0.15, -0.1) is 11.3 Å². The fraction of sp³-hybridized carbons (Fsp3) is 0. The highest BCUT2D eigenvalue weighted by Crippen LogP contribution is 2.21. The van der Waals surface area contributed by atoms with Crippen LogP contribution in [0.15, 0.2) is 28.0 Å². The van der Waals surface area contributed by atoms with Crippen LogP contribution in [0.25, 0.3) is 0 Å². The molecule has 17 heavy (non-hydrogen) atoms. The van der Waals surface area contributed by atoms with Crippen LogP contribution in [0.1, 0.15) is 10.4 Å². The zero-order valence-electron chi connectivity index (χ0n) is 8.25. The van der Waals surface area contributed by atoms with Crippen LogP contribution < -0.4 is 4.72 Å². The minimum absolute atomic E-state index is 0.0604. The maximum atomic E-state index is 11.8. The van der Waals surface area contributed by atoms with E-state index in [0.29, 0.717) is 0 Å². The maximum absolute atomic E-state index is 11.8. The summed E-state index contributed by atoms with van der Waals surface area (Å²) in [4.78, 5) is 16.9. The summed E-state index contributed by atoms with van der Waals surface area (Å²) in [6.45, 7) is 0. The Morgan fingerprint density at radius 1 is 1.53 bits per heavy atom. The summed E-state index contributed by atoms with van der Waals surface area (Å²) < 4.78 is 25.7. The molecule has 0 bridgehead atoms. The molecule has 0 aliphatic carbocycles. The molecule has 2 rings (SSSR count). The summed E-state index contributed by atoms with van der Waals surface area (Å²) in [5, 5.41) is 9.96. The molecular formula is C8H7N3O4S2. The molecule has 3 N–H and O–H groups in total. The number of thiophene rings is 1. The molecule has 2 aromatic heterocycles. The number of anilines is 1. The summed E-state index contributed by atoms with van der Waals surface area (Å²) in [6.07, 6.45) is 2.86. The molecule has 0 spiro atoms. The Labute approximate surface area is 100 Å². The van der Waals surface area contributed by atoms with E-state index in [1.165, 1.54) is 17.8 Å². The Bertz CT molecular complexity index is 630. The summed E-state index contributed by atoms with van der Waals surface area (Å²) in [5.74, 6) is -1.09. The molecule has 0 aliphatic rings. The number of imidazole rings is 1. The number of nitrogens with one attached hydrogen (secondary N) is 2. The van der Waals surface area contributed by atoms with Gasteiger partial charge >= 0.3 is 5.97 Å². The van der Waals surface area contributed by atoms with E-state index < -0.39 is 16.0 Å². The number of carbonyl (C=O) groups is 1. The molecule has 7 nitrogen and oxygen atoms in total. The lowest BCUT2D eigenvalue weighted by molar-refractivity contribution is 0.0697. The maximum Gasteiger partial charge on any atom is 0.336 e. The molecule has 0 atom stereocenters. The summed E-state index contributed by atoms with van der Waals surface area (Å²) >= 11 is 0.834. The molecule has 0 fully saturated rings. The van der Waals surface area contributed by atoms with E-state index in [1.54, 1.807) is 0 Å². The fourth-order valence-corrected chi connectivity index (χ4v) is 3.20. The van der Waals surface area contributed by atoms with Gasteiger partial charge in [0.1, 0.15) is 4.21 Å². The number of aromatic amines is 1. The van der Waals surface area contributed by atoms with E-state index in [1.807, 2.05) is 0 Å². The molecule has 0 aromatic carbocycles. The first kappa shape index (κ1) is 11.6. The van der Waals surface area contributed by atoms with Crippen molar-refractivity contribution in [2.24, 2.45) is 0 Å². The summed E-state index contributed by atoms with van der Waals surface area (Å²) in [5.41, 5.74) is -0.0604. The zero-order chi connectivity index (χ0) is 12.5. The van der Waals surface area contributed by atoms with Crippen LogP contribution in [0.3, 0.4) is 0 Å². The van der Waals surface area contributed by atoms with Crippen molar-refractivity contribution in [3.63, 3.8) is 0 Å². The number of sulfonamides is 1. The Hall–Kier alpha value is -1.87. The van der Waals surface area contributed by atoms with Crippen LogP contribution in [-0.2, 0) is 10.0 Å². The van der Waals surface area contributed by atoms with Gasteiger partial charge in [-0.1, -0.05) is 0 Å². The van der Waals surface area contributed by atoms with Gasteiger partial charge in [-0.3, -0.25) is 0 Å². The largest absolute Gasteiger partial charge is 0.478 e. The number of carboxylic acids is 1. The van der Waals surface area contributed by atoms with Gasteiger partial charge in [-0.05, 0) is 6.07 Å². The van der Waals surface area contributed by atoms with E-state index in [2.05, 4.69) is 14.7 Å². The van der Waals surface area contributed by atoms with Crippen molar-refractivity contribution in [2.45, 2.75) is 4.21 Å². The van der Waals surface area contributed by atoms with Crippen LogP contribution >= 0.6 is 11.3 Å². The number of nitrogens with zero attached hydrogens (tertiary/aromatic N) is 1. The van der Waals surface area contributed by atoms with Gasteiger partial charge in [0.05, 0.1) is 5.56 Å². The molecule has 0 aliphatic heterocycles. The van der Waals surface area contributed by atoms with Crippen molar-refractivity contribution in [2.75, 3.05) is 4.72 Å². The Morgan fingerprint density at radius 3 is 2.82 bits per heavy atom. The third-order valence-electron chi connectivity index (χ3n) is 1.82. The van der Waals surface area contributed by atoms with Crippen LogP contribution in [-0.4, -0.2) is 29.5 Å². The lowest BCUT2D eigenvalue weighted by Crippen LogP contribution is -2.12. The first-order valence-corrected chi connectivity index (χ1v) is 6.69. The van der Waals surface area contributed by atoms with E-state index in [-0.39, 0.29) is 15.7 Å². The quantitative estimate of drug-likeness (QED) is 0.768. The van der Waals surface area contributed by atoms with Crippen LogP contribution in [0, 0.1) is 0 Å². The Morgan fingerprint density at radius 2 is 2.29 bits per heavy atom. The third kappa shape index (κ3) is 2.45. The minimum Gasteiger partial charge on any atom is -0.478 e. The zero-order valence-corrected chi connectivity index (χ0v) is 9.88. The third-order valence-corrected chi connectivity index (χ3v) is 4.59. The monoisotopic (exact) mass is 273 g/mol. The van der Waals surface area contributed by atoms with Gasteiger partial charge in [-0.2, -0.15) is 0 Å². The topological polar surface area (TPSA) is 112 Å². The van der Waals surface area contributed by atoms with E-state index in [4.69, 9.17) is 5.11 Å². The fourth-order valence-electron chi connectivity index (χ4n) is 1.07. The second-order valence-electron chi connectivity index (χ2n) is 3.00. The first-order valence-electron chi connectivity index (χ1n) is 4.33. The van der Waals surface area contributed by atoms with Gasteiger partial charge in [0.2, 0.25) is 5.95 Å². The SMILES string of the molecule is O=C(O)c1csc(S(=O)(=O)Nc2ncc[nH]2)c1. The molecule has 0 saturated heterocycles. The van der Waals surface area contributed by atoms with E-state index in [9.17, 15) is 13.2 Å². The molecule has 0 saturated carbocycles. The van der Waals surface area contributed by atoms with Gasteiger partial charge in [0.15, 0.2) is 0 Å². The van der Waals surface area contributed by atoms with Crippen molar-refractivity contribution >= 4 is 33.3 Å². The second-order valence-corrected chi connectivity index (χ2v) is 5.82. The molecule has 0 unspecified atom stereocenters. The number of hydrogen-bond acceptors (Lipinski definition) is 5. The van der Waals surface area contributed by atoms with Gasteiger partial charge in [0, 0.05) is 17.8 Å². The normalized spacial score (nSPS) is 11.3. The lowest BCUT2D eigenvalue weighted by atomic mass is 10.4. The highest BCUT2D eigenvalue weighted by atomic mass is 32.2. The highest BCUT2D eigenvalue weighted by molar-refractivity contribution is 7.94. The Kier molecular flexibility index (Phi) is 2.86. The van der Waals surface area contributed by atoms with Gasteiger partial charge in [-0.25, -0.2) is 22.9 Å². The molecule has 2 heterocycles. The molecule has 0 amide bonds. The van der Waals surface area contributed by atoms with Crippen molar-refractivity contribution in [3.05, 3.63) is 29.4 Å². The first-order chi connectivity index (χ1) is 7.99. The number of aromatic carboxylic acids is 1. The van der Waals surface area contributed by atoms with E-state index in [0.717, 1.165) is 17.4 Å². The molecular weight excluding hydrogens is 266 g/mol. The molecule has 9 heteroatoms. The number of aromatic nitrogens is 2. The standard InChI is InChI=1S/C8H7N3O4S2/c12-7(13)5-3-6(16-4-5)17(14,15)11-8-9-1-2-10-8/h1-4H,(H,12,13)(H2,9,10,11). The summed E-state index contributed by atoms with van der Waals surface area (Å²) in [6, 6.07) is 1.10. The lowest BCUT2D eigenvalue weighted by Gasteiger charge is -2.01. The van der Waals surface area contributed by atoms with E-state index >= 15 is 0 Å². The van der Waals surface area contributed by atoms with Crippen molar-refractivity contribution in [1.29, 1.82) is 0 Å². The van der Waals surface area contributed by atoms with Gasteiger partial charge < -0.3 is 10.1 Å². The average Bonchev–Trinajstić information content (AvgIpc) is 2.84. The smallest absolute Gasteiger partial charge is 0.336 e. The van der Waals surface area contributed by atoms with Crippen LogP contribution in [0.4, 0.5) is 5.95 Å². The number of rotatable bonds is 4. The average molecular weight is 273 g/mol. The minimum atomic E-state index is -3.78. The molecule has 2 aromatic rings. The Balaban J connectivity index is 2.28. The number of carboxylic acid groups (broad SMARTS) is 1. The molecule has 0 radical (unpaired) electrons. The van der Waals surface area contributed by atoms with Crippen LogP contribution in [0.5, 0.6) is 0 Å². The second kappa shape index (κ2) is 4.18. The molecule has 90 valence electrons. The van der Waals surface area contributed by atoms with Crippen LogP contribution in [0.2, 0.25) is 0 Å². The van der Waals surface area contributed by atoms with Crippen molar-refractivity contribution in [1.82, 2.24) is 9.97 Å². The number of H-pyrrole nitrogens is 1. The highest BCUT2D eigenvalue weighted by Gasteiger charge is 2.19. The number of hydrogen-bond donors (Lipinski definition) is 3. The predicted octanol–water partition coefficient (Wildman–Crippen LogP) is 0.970. The summed E-state index contributed by atoms with van der Waals surface area (Å²) in [7, 11) is -3.78. The van der Waals surface area contributed by atoms with Crippen molar-refractivity contribution < 1.29 is 18.3 Å². The van der Waals surface area contributed by atoms with Crippen molar-refractivity contribution in [3.8, 4) is 0 Å². The van der Waals surface area contributed by atoms with Gasteiger partial charge in [0.25, 0.3) is 10.0 Å².